The van der Waals surface area contributed by atoms with Gasteiger partial charge in [0.1, 0.15) is 11.9 Å². The quantitative estimate of drug-likeness (QED) is 0.811. The van der Waals surface area contributed by atoms with Crippen molar-refractivity contribution in [2.75, 3.05) is 31.1 Å². The Kier molecular flexibility index (Phi) is 6.34. The zero-order valence-electron chi connectivity index (χ0n) is 15.7. The smallest absolute Gasteiger partial charge is 0.245 e. The Morgan fingerprint density at radius 2 is 1.69 bits per heavy atom. The number of ketones is 1. The minimum absolute atomic E-state index is 0.0130. The van der Waals surface area contributed by atoms with Gasteiger partial charge in [-0.15, -0.1) is 0 Å². The Labute approximate surface area is 153 Å². The number of piperazine rings is 1. The van der Waals surface area contributed by atoms with E-state index in [4.69, 9.17) is 0 Å². The van der Waals surface area contributed by atoms with Gasteiger partial charge in [0.25, 0.3) is 0 Å². The number of hydrogen-bond acceptors (Lipinski definition) is 4. The number of carbonyl (C=O) groups is 3. The van der Waals surface area contributed by atoms with Crippen LogP contribution in [0.1, 0.15) is 38.1 Å². The molecule has 2 amide bonds. The third-order valence-electron chi connectivity index (χ3n) is 4.58. The fourth-order valence-corrected chi connectivity index (χ4v) is 3.08. The molecular formula is C19H26FN3O3. The number of Topliss-reactive ketones (excluding diaryl/α,β-unsaturated/α-hetero) is 1. The van der Waals surface area contributed by atoms with E-state index in [0.717, 1.165) is 0 Å². The van der Waals surface area contributed by atoms with Crippen LogP contribution in [0.4, 0.5) is 10.1 Å². The molecule has 0 radical (unpaired) electrons. The van der Waals surface area contributed by atoms with E-state index in [1.807, 2.05) is 18.7 Å². The summed E-state index contributed by atoms with van der Waals surface area (Å²) in [6, 6.07) is 3.92. The standard InChI is InChI=1S/C19H26FN3O3/c1-12(2)18(21-14(4)25)19(26)23-9-7-22(8-10-23)17-6-5-15(13(3)24)11-16(17)20/h5-6,11-12,18H,7-10H2,1-4H3,(H,21,25). The summed E-state index contributed by atoms with van der Waals surface area (Å²) in [5, 5.41) is 2.71. The molecule has 0 aromatic heterocycles. The van der Waals surface area contributed by atoms with Gasteiger partial charge >= 0.3 is 0 Å². The summed E-state index contributed by atoms with van der Waals surface area (Å²) in [6.07, 6.45) is 0. The van der Waals surface area contributed by atoms with Crippen LogP contribution in [-0.2, 0) is 9.59 Å². The second-order valence-corrected chi connectivity index (χ2v) is 6.96. The number of halogens is 1. The van der Waals surface area contributed by atoms with Gasteiger partial charge in [-0.1, -0.05) is 13.8 Å². The number of carbonyl (C=O) groups excluding carboxylic acids is 3. The highest BCUT2D eigenvalue weighted by Gasteiger charge is 2.30. The van der Waals surface area contributed by atoms with Crippen molar-refractivity contribution in [2.24, 2.45) is 5.92 Å². The lowest BCUT2D eigenvalue weighted by Crippen LogP contribution is -2.56. The first-order valence-electron chi connectivity index (χ1n) is 8.82. The van der Waals surface area contributed by atoms with Crippen molar-refractivity contribution in [1.82, 2.24) is 10.2 Å². The van der Waals surface area contributed by atoms with Crippen LogP contribution in [0.3, 0.4) is 0 Å². The van der Waals surface area contributed by atoms with Crippen molar-refractivity contribution in [3.8, 4) is 0 Å². The van der Waals surface area contributed by atoms with Crippen molar-refractivity contribution >= 4 is 23.3 Å². The van der Waals surface area contributed by atoms with E-state index in [-0.39, 0.29) is 23.5 Å². The summed E-state index contributed by atoms with van der Waals surface area (Å²) in [4.78, 5) is 38.9. The van der Waals surface area contributed by atoms with Crippen LogP contribution < -0.4 is 10.2 Å². The third kappa shape index (κ3) is 4.59. The molecule has 142 valence electrons. The highest BCUT2D eigenvalue weighted by Crippen LogP contribution is 2.22. The Hall–Kier alpha value is -2.44. The molecule has 0 saturated carbocycles. The number of anilines is 1. The molecule has 1 saturated heterocycles. The first kappa shape index (κ1) is 19.9. The maximum atomic E-state index is 14.3. The van der Waals surface area contributed by atoms with E-state index < -0.39 is 11.9 Å². The van der Waals surface area contributed by atoms with Crippen LogP contribution in [0.5, 0.6) is 0 Å². The Bertz CT molecular complexity index is 697. The average molecular weight is 363 g/mol. The Morgan fingerprint density at radius 1 is 1.08 bits per heavy atom. The second-order valence-electron chi connectivity index (χ2n) is 6.96. The molecule has 1 fully saturated rings. The zero-order valence-corrected chi connectivity index (χ0v) is 15.7. The molecule has 1 heterocycles. The Balaban J connectivity index is 2.03. The van der Waals surface area contributed by atoms with Crippen molar-refractivity contribution in [1.29, 1.82) is 0 Å². The first-order chi connectivity index (χ1) is 12.2. The number of hydrogen-bond donors (Lipinski definition) is 1. The lowest BCUT2D eigenvalue weighted by Gasteiger charge is -2.38. The van der Waals surface area contributed by atoms with Crippen LogP contribution in [-0.4, -0.2) is 54.7 Å². The summed E-state index contributed by atoms with van der Waals surface area (Å²) in [5.41, 5.74) is 0.777. The summed E-state index contributed by atoms with van der Waals surface area (Å²) < 4.78 is 14.3. The maximum Gasteiger partial charge on any atom is 0.245 e. The van der Waals surface area contributed by atoms with E-state index in [9.17, 15) is 18.8 Å². The Morgan fingerprint density at radius 3 is 2.15 bits per heavy atom. The lowest BCUT2D eigenvalue weighted by atomic mass is 10.0. The number of rotatable bonds is 5. The summed E-state index contributed by atoms with van der Waals surface area (Å²) in [6.45, 7) is 8.47. The molecular weight excluding hydrogens is 337 g/mol. The molecule has 1 atom stereocenters. The van der Waals surface area contributed by atoms with Crippen LogP contribution in [0.2, 0.25) is 0 Å². The van der Waals surface area contributed by atoms with Gasteiger partial charge in [-0.2, -0.15) is 0 Å². The van der Waals surface area contributed by atoms with Gasteiger partial charge in [0.15, 0.2) is 5.78 Å². The van der Waals surface area contributed by atoms with Crippen molar-refractivity contribution < 1.29 is 18.8 Å². The van der Waals surface area contributed by atoms with Crippen molar-refractivity contribution in [2.45, 2.75) is 33.7 Å². The third-order valence-corrected chi connectivity index (χ3v) is 4.58. The number of nitrogens with zero attached hydrogens (tertiary/aromatic N) is 2. The number of amides is 2. The van der Waals surface area contributed by atoms with Gasteiger partial charge in [0, 0.05) is 38.7 Å². The van der Waals surface area contributed by atoms with Crippen LogP contribution >= 0.6 is 0 Å². The van der Waals surface area contributed by atoms with E-state index >= 15 is 0 Å². The molecule has 0 spiro atoms. The largest absolute Gasteiger partial charge is 0.366 e. The normalized spacial score (nSPS) is 15.8. The first-order valence-corrected chi connectivity index (χ1v) is 8.82. The molecule has 0 aliphatic carbocycles. The van der Waals surface area contributed by atoms with Gasteiger partial charge in [-0.05, 0) is 31.0 Å². The van der Waals surface area contributed by atoms with Crippen LogP contribution in [0.25, 0.3) is 0 Å². The fraction of sp³-hybridized carbons (Fsp3) is 0.526. The van der Waals surface area contributed by atoms with Crippen LogP contribution in [0, 0.1) is 11.7 Å². The minimum atomic E-state index is -0.550. The maximum absolute atomic E-state index is 14.3. The number of benzene rings is 1. The van der Waals surface area contributed by atoms with Gasteiger partial charge in [0.2, 0.25) is 11.8 Å². The molecule has 0 bridgehead atoms. The monoisotopic (exact) mass is 363 g/mol. The molecule has 1 unspecified atom stereocenters. The summed E-state index contributed by atoms with van der Waals surface area (Å²) in [7, 11) is 0. The molecule has 2 rings (SSSR count). The van der Waals surface area contributed by atoms with Crippen molar-refractivity contribution in [3.63, 3.8) is 0 Å². The fourth-order valence-electron chi connectivity index (χ4n) is 3.08. The van der Waals surface area contributed by atoms with Crippen LogP contribution in [0.15, 0.2) is 18.2 Å². The summed E-state index contributed by atoms with van der Waals surface area (Å²) in [5.74, 6) is -0.967. The SMILES string of the molecule is CC(=O)NC(C(=O)N1CCN(c2ccc(C(C)=O)cc2F)CC1)C(C)C. The molecule has 1 N–H and O–H groups in total. The topological polar surface area (TPSA) is 69.7 Å². The number of nitrogens with one attached hydrogen (secondary N) is 1. The molecule has 1 aromatic carbocycles. The van der Waals surface area contributed by atoms with E-state index in [0.29, 0.717) is 37.4 Å². The lowest BCUT2D eigenvalue weighted by molar-refractivity contribution is -0.137. The van der Waals surface area contributed by atoms with E-state index in [1.54, 1.807) is 17.0 Å². The molecule has 1 aromatic rings. The van der Waals surface area contributed by atoms with Crippen molar-refractivity contribution in [3.05, 3.63) is 29.6 Å². The van der Waals surface area contributed by atoms with Gasteiger partial charge in [-0.25, -0.2) is 4.39 Å². The van der Waals surface area contributed by atoms with Gasteiger partial charge in [0.05, 0.1) is 5.69 Å². The molecule has 26 heavy (non-hydrogen) atoms. The highest BCUT2D eigenvalue weighted by atomic mass is 19.1. The molecule has 7 heteroatoms. The second kappa shape index (κ2) is 8.29. The van der Waals surface area contributed by atoms with E-state index in [2.05, 4.69) is 5.32 Å². The molecule has 1 aliphatic heterocycles. The zero-order chi connectivity index (χ0) is 19.4. The predicted octanol–water partition coefficient (Wildman–Crippen LogP) is 1.84. The van der Waals surface area contributed by atoms with E-state index in [1.165, 1.54) is 19.9 Å². The molecule has 6 nitrogen and oxygen atoms in total. The van der Waals surface area contributed by atoms with Gasteiger partial charge < -0.3 is 15.1 Å². The average Bonchev–Trinajstić information content (AvgIpc) is 2.58. The van der Waals surface area contributed by atoms with Gasteiger partial charge in [-0.3, -0.25) is 14.4 Å². The minimum Gasteiger partial charge on any atom is -0.366 e. The summed E-state index contributed by atoms with van der Waals surface area (Å²) >= 11 is 0. The molecule has 1 aliphatic rings. The predicted molar refractivity (Wildman–Crippen MR) is 97.6 cm³/mol. The highest BCUT2D eigenvalue weighted by molar-refractivity contribution is 5.94.